The Morgan fingerprint density at radius 1 is 0.769 bits per heavy atom. The van der Waals surface area contributed by atoms with E-state index in [0.29, 0.717) is 5.57 Å². The van der Waals surface area contributed by atoms with Crippen LogP contribution in [0.4, 0.5) is 0 Å². The highest BCUT2D eigenvalue weighted by Gasteiger charge is 2.36. The second kappa shape index (κ2) is 14.6. The highest BCUT2D eigenvalue weighted by Crippen LogP contribution is 2.20. The largest absolute Gasteiger partial charge is 0.392 e. The molecule has 5 heteroatoms. The van der Waals surface area contributed by atoms with E-state index in [1.807, 2.05) is 0 Å². The van der Waals surface area contributed by atoms with Crippen LogP contribution in [0.25, 0.3) is 0 Å². The lowest BCUT2D eigenvalue weighted by molar-refractivity contribution is -0.0641. The number of rotatable bonds is 15. The van der Waals surface area contributed by atoms with Crippen molar-refractivity contribution in [2.75, 3.05) is 13.2 Å². The van der Waals surface area contributed by atoms with Gasteiger partial charge in [0.15, 0.2) is 0 Å². The Balaban J connectivity index is 1.99. The molecule has 0 bridgehead atoms. The van der Waals surface area contributed by atoms with Crippen LogP contribution in [0.5, 0.6) is 0 Å². The van der Waals surface area contributed by atoms with Gasteiger partial charge in [-0.05, 0) is 18.5 Å². The van der Waals surface area contributed by atoms with E-state index in [1.165, 1.54) is 64.2 Å². The molecule has 154 valence electrons. The monoisotopic (exact) mass is 371 g/mol. The summed E-state index contributed by atoms with van der Waals surface area (Å²) in [5.41, 5.74) is 0.370. The average molecular weight is 372 g/mol. The Morgan fingerprint density at radius 3 is 1.77 bits per heavy atom. The Morgan fingerprint density at radius 2 is 1.27 bits per heavy atom. The van der Waals surface area contributed by atoms with Gasteiger partial charge in [-0.25, -0.2) is 0 Å². The number of hydrogen-bond donors (Lipinski definition) is 5. The SMILES string of the molecule is CCCCCCCCCCCCCCN[C@H]1C=C(CO)[C@@H](O)[C@H](O)[C@H]1O. The zero-order chi connectivity index (χ0) is 19.2. The molecule has 0 aromatic rings. The molecule has 5 N–H and O–H groups in total. The van der Waals surface area contributed by atoms with E-state index in [1.54, 1.807) is 6.08 Å². The van der Waals surface area contributed by atoms with E-state index >= 15 is 0 Å². The van der Waals surface area contributed by atoms with Gasteiger partial charge < -0.3 is 25.7 Å². The summed E-state index contributed by atoms with van der Waals surface area (Å²) in [5.74, 6) is 0. The fraction of sp³-hybridized carbons (Fsp3) is 0.905. The molecular weight excluding hydrogens is 330 g/mol. The first kappa shape index (κ1) is 23.6. The summed E-state index contributed by atoms with van der Waals surface area (Å²) in [7, 11) is 0. The fourth-order valence-electron chi connectivity index (χ4n) is 3.61. The molecule has 1 rings (SSSR count). The van der Waals surface area contributed by atoms with Crippen LogP contribution in [-0.4, -0.2) is 57.9 Å². The molecule has 0 heterocycles. The van der Waals surface area contributed by atoms with Crippen LogP contribution in [0.3, 0.4) is 0 Å². The third-order valence-corrected chi connectivity index (χ3v) is 5.41. The van der Waals surface area contributed by atoms with Gasteiger partial charge in [-0.3, -0.25) is 0 Å². The molecule has 0 saturated heterocycles. The first-order valence-electron chi connectivity index (χ1n) is 10.7. The van der Waals surface area contributed by atoms with Gasteiger partial charge >= 0.3 is 0 Å². The first-order chi connectivity index (χ1) is 12.6. The third-order valence-electron chi connectivity index (χ3n) is 5.41. The summed E-state index contributed by atoms with van der Waals surface area (Å²) < 4.78 is 0. The van der Waals surface area contributed by atoms with E-state index in [9.17, 15) is 20.4 Å². The van der Waals surface area contributed by atoms with Crippen LogP contribution in [0.1, 0.15) is 84.0 Å². The normalized spacial score (nSPS) is 26.1. The van der Waals surface area contributed by atoms with Gasteiger partial charge in [0.2, 0.25) is 0 Å². The molecule has 0 amide bonds. The summed E-state index contributed by atoms with van der Waals surface area (Å²) in [6.07, 6.45) is 13.8. The lowest BCUT2D eigenvalue weighted by atomic mass is 9.88. The van der Waals surface area contributed by atoms with Crippen LogP contribution in [-0.2, 0) is 0 Å². The number of unbranched alkanes of at least 4 members (excludes halogenated alkanes) is 11. The maximum absolute atomic E-state index is 10.0. The standard InChI is InChI=1S/C21H41NO4/c1-2-3-4-5-6-7-8-9-10-11-12-13-14-22-18-15-17(16-23)19(24)21(26)20(18)25/h15,18-26H,2-14,16H2,1H3/t18-,19+,20-,21-/m0/s1. The Kier molecular flexibility index (Phi) is 13.2. The van der Waals surface area contributed by atoms with Crippen molar-refractivity contribution in [3.05, 3.63) is 11.6 Å². The summed E-state index contributed by atoms with van der Waals surface area (Å²) in [5, 5.41) is 42.0. The van der Waals surface area contributed by atoms with Gasteiger partial charge in [-0.2, -0.15) is 0 Å². The molecule has 4 atom stereocenters. The number of aliphatic hydroxyl groups is 4. The predicted molar refractivity (Wildman–Crippen MR) is 106 cm³/mol. The van der Waals surface area contributed by atoms with Gasteiger partial charge in [0, 0.05) is 0 Å². The quantitative estimate of drug-likeness (QED) is 0.225. The van der Waals surface area contributed by atoms with Gasteiger partial charge in [-0.1, -0.05) is 83.6 Å². The molecule has 0 aliphatic heterocycles. The van der Waals surface area contributed by atoms with Gasteiger partial charge in [0.1, 0.15) is 18.3 Å². The lowest BCUT2D eigenvalue weighted by Gasteiger charge is -2.34. The number of hydrogen-bond acceptors (Lipinski definition) is 5. The summed E-state index contributed by atoms with van der Waals surface area (Å²) in [6.45, 7) is 2.71. The highest BCUT2D eigenvalue weighted by atomic mass is 16.4. The number of nitrogens with one attached hydrogen (secondary N) is 1. The van der Waals surface area contributed by atoms with E-state index in [2.05, 4.69) is 12.2 Å². The van der Waals surface area contributed by atoms with Crippen molar-refractivity contribution in [2.24, 2.45) is 0 Å². The van der Waals surface area contributed by atoms with E-state index in [4.69, 9.17) is 0 Å². The first-order valence-corrected chi connectivity index (χ1v) is 10.7. The molecule has 0 saturated carbocycles. The Bertz CT molecular complexity index is 375. The molecule has 1 aliphatic rings. The predicted octanol–water partition coefficient (Wildman–Crippen LogP) is 2.66. The molecule has 0 radical (unpaired) electrons. The zero-order valence-corrected chi connectivity index (χ0v) is 16.6. The number of aliphatic hydroxyl groups excluding tert-OH is 4. The van der Waals surface area contributed by atoms with Crippen LogP contribution < -0.4 is 5.32 Å². The Hall–Kier alpha value is -0.460. The molecule has 0 fully saturated rings. The average Bonchev–Trinajstić information content (AvgIpc) is 2.65. The Labute approximate surface area is 159 Å². The highest BCUT2D eigenvalue weighted by molar-refractivity contribution is 5.21. The smallest absolute Gasteiger partial charge is 0.111 e. The second-order valence-electron chi connectivity index (χ2n) is 7.69. The van der Waals surface area contributed by atoms with Crippen LogP contribution in [0, 0.1) is 0 Å². The minimum Gasteiger partial charge on any atom is -0.392 e. The molecule has 0 aromatic heterocycles. The molecule has 26 heavy (non-hydrogen) atoms. The zero-order valence-electron chi connectivity index (χ0n) is 16.6. The van der Waals surface area contributed by atoms with Crippen LogP contribution in [0.15, 0.2) is 11.6 Å². The second-order valence-corrected chi connectivity index (χ2v) is 7.69. The lowest BCUT2D eigenvalue weighted by Crippen LogP contribution is -2.54. The van der Waals surface area contributed by atoms with E-state index in [-0.39, 0.29) is 6.61 Å². The molecule has 0 spiro atoms. The van der Waals surface area contributed by atoms with Crippen molar-refractivity contribution < 1.29 is 20.4 Å². The topological polar surface area (TPSA) is 93.0 Å². The van der Waals surface area contributed by atoms with Gasteiger partial charge in [0.05, 0.1) is 12.6 Å². The summed E-state index contributed by atoms with van der Waals surface area (Å²) in [4.78, 5) is 0. The van der Waals surface area contributed by atoms with Crippen molar-refractivity contribution in [1.82, 2.24) is 5.32 Å². The third kappa shape index (κ3) is 8.96. The summed E-state index contributed by atoms with van der Waals surface area (Å²) >= 11 is 0. The van der Waals surface area contributed by atoms with E-state index in [0.717, 1.165) is 19.4 Å². The minimum atomic E-state index is -1.25. The molecule has 0 aromatic carbocycles. The molecule has 0 unspecified atom stereocenters. The molecule has 5 nitrogen and oxygen atoms in total. The van der Waals surface area contributed by atoms with Crippen molar-refractivity contribution in [3.63, 3.8) is 0 Å². The fourth-order valence-corrected chi connectivity index (χ4v) is 3.61. The maximum atomic E-state index is 10.0. The molecule has 1 aliphatic carbocycles. The van der Waals surface area contributed by atoms with Crippen LogP contribution >= 0.6 is 0 Å². The van der Waals surface area contributed by atoms with Gasteiger partial charge in [0.25, 0.3) is 0 Å². The van der Waals surface area contributed by atoms with Crippen molar-refractivity contribution >= 4 is 0 Å². The molecular formula is C21H41NO4. The van der Waals surface area contributed by atoms with Crippen molar-refractivity contribution in [1.29, 1.82) is 0 Å². The maximum Gasteiger partial charge on any atom is 0.111 e. The van der Waals surface area contributed by atoms with Crippen molar-refractivity contribution in [2.45, 2.75) is 108 Å². The minimum absolute atomic E-state index is 0.304. The van der Waals surface area contributed by atoms with E-state index < -0.39 is 24.4 Å². The van der Waals surface area contributed by atoms with Crippen molar-refractivity contribution in [3.8, 4) is 0 Å². The van der Waals surface area contributed by atoms with Gasteiger partial charge in [-0.15, -0.1) is 0 Å². The summed E-state index contributed by atoms with van der Waals surface area (Å²) in [6, 6.07) is -0.414. The van der Waals surface area contributed by atoms with Crippen LogP contribution in [0.2, 0.25) is 0 Å².